The summed E-state index contributed by atoms with van der Waals surface area (Å²) in [5, 5.41) is 6.71. The summed E-state index contributed by atoms with van der Waals surface area (Å²) >= 11 is 0. The van der Waals surface area contributed by atoms with E-state index in [1.807, 2.05) is 0 Å². The van der Waals surface area contributed by atoms with Crippen LogP contribution in [0.4, 0.5) is 5.69 Å². The molecule has 0 saturated heterocycles. The maximum atomic E-state index is 6.00. The zero-order valence-electron chi connectivity index (χ0n) is 28.2. The minimum absolute atomic E-state index is 0.0584. The highest BCUT2D eigenvalue weighted by Crippen LogP contribution is 2.32. The van der Waals surface area contributed by atoms with Crippen molar-refractivity contribution in [2.45, 2.75) is 77.4 Å². The lowest BCUT2D eigenvalue weighted by molar-refractivity contribution is 0.114. The largest absolute Gasteiger partial charge is 0.507 e. The standard InChI is InChI=1S/C28H58N2O6Si5/c1-14-30(15-2)27-24(17-19-37-22-29-18-16-20-40(31-4,32-5)33-6)26(38(10)11)21-25(28(27)39(12)13)23(3)41(34-7,35-8)36-9/h21,23,29H,14-20,22H2,1-13H3. The molecule has 0 aliphatic heterocycles. The predicted octanol–water partition coefficient (Wildman–Crippen LogP) is 3.46. The molecular weight excluding hydrogens is 601 g/mol. The number of benzene rings is 1. The Labute approximate surface area is 259 Å². The van der Waals surface area contributed by atoms with Crippen LogP contribution in [-0.2, 0) is 33.0 Å². The van der Waals surface area contributed by atoms with Crippen LogP contribution in [0.1, 0.15) is 43.9 Å². The maximum absolute atomic E-state index is 6.00. The molecule has 1 atom stereocenters. The average molecular weight is 659 g/mol. The fraction of sp³-hybridized carbons (Fsp3) is 0.786. The molecule has 1 N–H and O–H groups in total. The first-order valence-corrected chi connectivity index (χ1v) is 24.9. The molecular formula is C28H58N2O6Si5. The zero-order valence-corrected chi connectivity index (χ0v) is 33.2. The third-order valence-corrected chi connectivity index (χ3v) is 18.0. The Morgan fingerprint density at radius 3 is 1.88 bits per heavy atom. The van der Waals surface area contributed by atoms with Gasteiger partial charge in [0.15, 0.2) is 0 Å². The molecule has 0 aromatic heterocycles. The topological polar surface area (TPSA) is 70.7 Å². The second-order valence-electron chi connectivity index (χ2n) is 10.7. The summed E-state index contributed by atoms with van der Waals surface area (Å²) in [5.41, 5.74) is 4.50. The van der Waals surface area contributed by atoms with Gasteiger partial charge in [0.25, 0.3) is 0 Å². The van der Waals surface area contributed by atoms with Gasteiger partial charge < -0.3 is 36.8 Å². The van der Waals surface area contributed by atoms with Crippen LogP contribution in [0.25, 0.3) is 0 Å². The highest BCUT2D eigenvalue weighted by atomic mass is 28.4. The highest BCUT2D eigenvalue weighted by Gasteiger charge is 2.47. The molecule has 1 rings (SSSR count). The highest BCUT2D eigenvalue weighted by molar-refractivity contribution is 6.75. The van der Waals surface area contributed by atoms with Gasteiger partial charge in [0.2, 0.25) is 0 Å². The second kappa shape index (κ2) is 19.3. The van der Waals surface area contributed by atoms with Crippen molar-refractivity contribution in [1.82, 2.24) is 5.32 Å². The Kier molecular flexibility index (Phi) is 18.3. The van der Waals surface area contributed by atoms with Gasteiger partial charge in [-0.25, -0.2) is 0 Å². The molecule has 0 fully saturated rings. The van der Waals surface area contributed by atoms with Gasteiger partial charge in [0.05, 0.1) is 32.7 Å². The summed E-state index contributed by atoms with van der Waals surface area (Å²) < 4.78 is 34.7. The molecule has 0 aliphatic carbocycles. The lowest BCUT2D eigenvalue weighted by Gasteiger charge is -2.37. The Bertz CT molecular complexity index is 867. The molecule has 1 unspecified atom stereocenters. The van der Waals surface area contributed by atoms with E-state index in [9.17, 15) is 0 Å². The third kappa shape index (κ3) is 9.91. The van der Waals surface area contributed by atoms with Crippen molar-refractivity contribution in [1.29, 1.82) is 0 Å². The summed E-state index contributed by atoms with van der Waals surface area (Å²) in [5.74, 6) is 0. The average Bonchev–Trinajstić information content (AvgIpc) is 2.98. The smallest absolute Gasteiger partial charge is 0.377 e. The second-order valence-corrected chi connectivity index (χ2v) is 23.4. The molecule has 0 amide bonds. The first-order valence-electron chi connectivity index (χ1n) is 14.8. The molecule has 0 aliphatic rings. The van der Waals surface area contributed by atoms with Crippen LogP contribution in [0, 0.1) is 0 Å². The van der Waals surface area contributed by atoms with Gasteiger partial charge in [-0.2, -0.15) is 0 Å². The van der Waals surface area contributed by atoms with Crippen molar-refractivity contribution < 1.29 is 26.6 Å². The van der Waals surface area contributed by atoms with Crippen LogP contribution in [-0.4, -0.2) is 113 Å². The molecule has 1 aromatic rings. The van der Waals surface area contributed by atoms with Crippen LogP contribution < -0.4 is 20.6 Å². The molecule has 236 valence electrons. The van der Waals surface area contributed by atoms with Gasteiger partial charge >= 0.3 is 17.6 Å². The number of hydrogen-bond acceptors (Lipinski definition) is 8. The molecule has 1 aromatic carbocycles. The van der Waals surface area contributed by atoms with Crippen molar-refractivity contribution in [2.75, 3.05) is 73.4 Å². The van der Waals surface area contributed by atoms with Crippen LogP contribution in [0.3, 0.4) is 0 Å². The van der Waals surface area contributed by atoms with Gasteiger partial charge in [0, 0.05) is 67.5 Å². The number of rotatable bonds is 22. The summed E-state index contributed by atoms with van der Waals surface area (Å²) in [6.07, 6.45) is 3.13. The van der Waals surface area contributed by atoms with Crippen LogP contribution >= 0.6 is 0 Å². The molecule has 0 bridgehead atoms. The SMILES string of the molecule is CCN(CC)c1c(CC[Si]CNCCC[Si](OC)(OC)OC)c([Si](C)C)cc(C(C)[Si](OC)(OC)OC)c1[Si](C)C. The maximum Gasteiger partial charge on any atom is 0.507 e. The normalized spacial score (nSPS) is 13.4. The number of hydrogen-bond donors (Lipinski definition) is 1. The fourth-order valence-corrected chi connectivity index (χ4v) is 13.6. The lowest BCUT2D eigenvalue weighted by atomic mass is 10.0. The van der Waals surface area contributed by atoms with Crippen molar-refractivity contribution in [2.24, 2.45) is 0 Å². The summed E-state index contributed by atoms with van der Waals surface area (Å²) in [6, 6.07) is 4.53. The van der Waals surface area contributed by atoms with E-state index in [2.05, 4.69) is 63.2 Å². The van der Waals surface area contributed by atoms with Crippen LogP contribution in [0.15, 0.2) is 6.07 Å². The Hall–Kier alpha value is -0.176. The fourth-order valence-electron chi connectivity index (χ4n) is 5.62. The van der Waals surface area contributed by atoms with Crippen molar-refractivity contribution >= 4 is 60.8 Å². The van der Waals surface area contributed by atoms with E-state index in [0.717, 1.165) is 54.2 Å². The van der Waals surface area contributed by atoms with Gasteiger partial charge in [0.1, 0.15) is 0 Å². The first kappa shape index (κ1) is 38.8. The molecule has 13 heteroatoms. The van der Waals surface area contributed by atoms with Gasteiger partial charge in [-0.3, -0.25) is 0 Å². The first-order chi connectivity index (χ1) is 19.5. The summed E-state index contributed by atoms with van der Waals surface area (Å²) in [4.78, 5) is 2.60. The predicted molar refractivity (Wildman–Crippen MR) is 183 cm³/mol. The van der Waals surface area contributed by atoms with E-state index >= 15 is 0 Å². The molecule has 41 heavy (non-hydrogen) atoms. The van der Waals surface area contributed by atoms with Crippen molar-refractivity contribution in [3.05, 3.63) is 17.2 Å². The number of anilines is 1. The minimum atomic E-state index is -2.88. The van der Waals surface area contributed by atoms with Gasteiger partial charge in [-0.15, -0.1) is 0 Å². The summed E-state index contributed by atoms with van der Waals surface area (Å²) in [7, 11) is 4.22. The number of nitrogens with one attached hydrogen (secondary N) is 1. The van der Waals surface area contributed by atoms with Gasteiger partial charge in [-0.1, -0.05) is 50.4 Å². The minimum Gasteiger partial charge on any atom is -0.377 e. The molecule has 4 radical (unpaired) electrons. The van der Waals surface area contributed by atoms with E-state index in [1.54, 1.807) is 53.4 Å². The quantitative estimate of drug-likeness (QED) is 0.150. The number of nitrogens with zero attached hydrogens (tertiary/aromatic N) is 1. The molecule has 0 saturated carbocycles. The lowest BCUT2D eigenvalue weighted by Crippen LogP contribution is -2.52. The molecule has 0 spiro atoms. The van der Waals surface area contributed by atoms with Crippen molar-refractivity contribution in [3.63, 3.8) is 0 Å². The van der Waals surface area contributed by atoms with Crippen molar-refractivity contribution in [3.8, 4) is 0 Å². The van der Waals surface area contributed by atoms with Gasteiger partial charge in [-0.05, 0) is 55.7 Å². The Morgan fingerprint density at radius 2 is 1.44 bits per heavy atom. The Morgan fingerprint density at radius 1 is 0.878 bits per heavy atom. The monoisotopic (exact) mass is 658 g/mol. The van der Waals surface area contributed by atoms with E-state index in [0.29, 0.717) is 0 Å². The third-order valence-electron chi connectivity index (χ3n) is 7.98. The molecule has 8 nitrogen and oxygen atoms in total. The molecule has 0 heterocycles. The van der Waals surface area contributed by atoms with Crippen LogP contribution in [0.5, 0.6) is 0 Å². The van der Waals surface area contributed by atoms with E-state index < -0.39 is 35.2 Å². The zero-order chi connectivity index (χ0) is 31.2. The van der Waals surface area contributed by atoms with E-state index in [-0.39, 0.29) is 5.54 Å². The van der Waals surface area contributed by atoms with E-state index in [1.165, 1.54) is 22.5 Å². The Balaban J connectivity index is 3.31. The van der Waals surface area contributed by atoms with Crippen LogP contribution in [0.2, 0.25) is 38.3 Å². The summed E-state index contributed by atoms with van der Waals surface area (Å²) in [6.45, 7) is 19.5. The van der Waals surface area contributed by atoms with E-state index in [4.69, 9.17) is 26.6 Å².